The summed E-state index contributed by atoms with van der Waals surface area (Å²) in [5, 5.41) is 24.5. The molecule has 0 bridgehead atoms. The van der Waals surface area contributed by atoms with Crippen molar-refractivity contribution in [3.8, 4) is 5.75 Å². The summed E-state index contributed by atoms with van der Waals surface area (Å²) in [7, 11) is 2.97. The zero-order valence-electron chi connectivity index (χ0n) is 21.7. The van der Waals surface area contributed by atoms with E-state index >= 15 is 0 Å². The monoisotopic (exact) mass is 532 g/mol. The zero-order valence-corrected chi connectivity index (χ0v) is 21.7. The Labute approximate surface area is 218 Å². The molecule has 8 nitrogen and oxygen atoms in total. The second-order valence-corrected chi connectivity index (χ2v) is 9.49. The number of halogens is 3. The number of carbonyl (C=O) groups is 1. The summed E-state index contributed by atoms with van der Waals surface area (Å²) in [6, 6.07) is 6.71. The third-order valence-corrected chi connectivity index (χ3v) is 7.11. The first-order valence-corrected chi connectivity index (χ1v) is 12.3. The molecule has 4 rings (SSSR count). The minimum absolute atomic E-state index is 0.0241. The third kappa shape index (κ3) is 5.25. The summed E-state index contributed by atoms with van der Waals surface area (Å²) in [5.74, 6) is -0.351. The molecule has 1 fully saturated rings. The number of aromatic nitrogens is 2. The number of nitrogens with one attached hydrogen (secondary N) is 1. The van der Waals surface area contributed by atoms with E-state index in [9.17, 15) is 23.1 Å². The van der Waals surface area contributed by atoms with Gasteiger partial charge in [-0.05, 0) is 38.8 Å². The van der Waals surface area contributed by atoms with Crippen molar-refractivity contribution in [3.63, 3.8) is 0 Å². The molecule has 38 heavy (non-hydrogen) atoms. The molecule has 1 aliphatic heterocycles. The zero-order chi connectivity index (χ0) is 27.6. The number of aryl methyl sites for hydroxylation is 1. The van der Waals surface area contributed by atoms with Crippen LogP contribution in [-0.4, -0.2) is 60.0 Å². The van der Waals surface area contributed by atoms with Gasteiger partial charge in [-0.1, -0.05) is 18.2 Å². The van der Waals surface area contributed by atoms with E-state index in [1.165, 1.54) is 26.4 Å². The normalized spacial score (nSPS) is 16.1. The number of alkyl halides is 2. The third-order valence-electron chi connectivity index (χ3n) is 7.11. The summed E-state index contributed by atoms with van der Waals surface area (Å²) in [5.41, 5.74) is -0.734. The fourth-order valence-corrected chi connectivity index (χ4v) is 4.91. The highest BCUT2D eigenvalue weighted by Gasteiger charge is 2.38. The minimum atomic E-state index is -2.94. The van der Waals surface area contributed by atoms with Crippen LogP contribution in [0.25, 0.3) is 10.8 Å². The molecule has 0 radical (unpaired) electrons. The van der Waals surface area contributed by atoms with Crippen LogP contribution in [0.4, 0.5) is 19.0 Å². The van der Waals surface area contributed by atoms with Gasteiger partial charge in [-0.3, -0.25) is 4.79 Å². The maximum absolute atomic E-state index is 14.8. The molecule has 0 spiro atoms. The van der Waals surface area contributed by atoms with E-state index in [-0.39, 0.29) is 30.9 Å². The van der Waals surface area contributed by atoms with Crippen molar-refractivity contribution < 1.29 is 32.5 Å². The van der Waals surface area contributed by atoms with Gasteiger partial charge in [0.05, 0.1) is 30.0 Å². The topological polar surface area (TPSA) is 96.8 Å². The number of carbonyl (C=O) groups excluding carboxylic acids is 1. The highest BCUT2D eigenvalue weighted by Crippen LogP contribution is 2.42. The fraction of sp³-hybridized carbons (Fsp3) is 0.444. The molecule has 11 heteroatoms. The lowest BCUT2D eigenvalue weighted by molar-refractivity contribution is -0.139. The Kier molecular flexibility index (Phi) is 8.08. The van der Waals surface area contributed by atoms with E-state index in [0.717, 1.165) is 6.07 Å². The molecule has 2 heterocycles. The summed E-state index contributed by atoms with van der Waals surface area (Å²) < 4.78 is 51.9. The predicted octanol–water partition coefficient (Wildman–Crippen LogP) is 4.65. The van der Waals surface area contributed by atoms with Crippen LogP contribution in [-0.2, 0) is 15.1 Å². The number of hydrogen-bond acceptors (Lipinski definition) is 7. The summed E-state index contributed by atoms with van der Waals surface area (Å²) in [6.07, 6.45) is -2.37. The van der Waals surface area contributed by atoms with Crippen molar-refractivity contribution in [1.82, 2.24) is 15.1 Å². The molecule has 1 aliphatic rings. The largest absolute Gasteiger partial charge is 0.496 e. The van der Waals surface area contributed by atoms with Gasteiger partial charge in [-0.25, -0.2) is 13.2 Å². The van der Waals surface area contributed by atoms with Crippen molar-refractivity contribution in [3.05, 3.63) is 58.5 Å². The molecule has 1 atom stereocenters. The first-order chi connectivity index (χ1) is 18.1. The van der Waals surface area contributed by atoms with E-state index in [1.54, 1.807) is 30.9 Å². The highest BCUT2D eigenvalue weighted by molar-refractivity contribution is 5.95. The molecule has 204 valence electrons. The van der Waals surface area contributed by atoms with Crippen LogP contribution in [0.3, 0.4) is 0 Å². The first kappa shape index (κ1) is 27.6. The van der Waals surface area contributed by atoms with Crippen LogP contribution in [0.2, 0.25) is 0 Å². The molecule has 2 aromatic carbocycles. The second kappa shape index (κ2) is 11.1. The number of hydrogen-bond donors (Lipinski definition) is 2. The maximum Gasteiger partial charge on any atom is 0.266 e. The van der Waals surface area contributed by atoms with Gasteiger partial charge in [-0.15, -0.1) is 5.10 Å². The number of methoxy groups -OCH3 is 2. The standard InChI is InChI=1S/C27H31F3N4O4/c1-15(17-6-5-7-18(24(17)28)25(29)30)31-26-20-12-21(22(38-4)13-19(20)16(2)32-33-26)27(36)8-10-34(11-9-27)23(35)14-37-3/h5-7,12-13,15,25,36H,8-11,14H2,1-4H3,(H,31,33)/t15-/m1/s1. The number of piperidine rings is 1. The van der Waals surface area contributed by atoms with Gasteiger partial charge in [0.25, 0.3) is 6.43 Å². The Balaban J connectivity index is 1.71. The molecule has 1 saturated heterocycles. The van der Waals surface area contributed by atoms with Gasteiger partial charge in [-0.2, -0.15) is 5.10 Å². The SMILES string of the molecule is COCC(=O)N1CCC(O)(c2cc3c(N[C@H](C)c4cccc(C(F)F)c4F)nnc(C)c3cc2OC)CC1. The van der Waals surface area contributed by atoms with E-state index in [4.69, 9.17) is 9.47 Å². The van der Waals surface area contributed by atoms with Gasteiger partial charge in [0, 0.05) is 42.1 Å². The lowest BCUT2D eigenvalue weighted by Crippen LogP contribution is -2.46. The van der Waals surface area contributed by atoms with Crippen molar-refractivity contribution in [2.45, 2.75) is 44.8 Å². The number of amides is 1. The van der Waals surface area contributed by atoms with Crippen LogP contribution in [0.1, 0.15) is 54.6 Å². The van der Waals surface area contributed by atoms with Gasteiger partial charge in [0.2, 0.25) is 5.91 Å². The lowest BCUT2D eigenvalue weighted by Gasteiger charge is -2.39. The smallest absolute Gasteiger partial charge is 0.266 e. The molecule has 2 N–H and O–H groups in total. The average Bonchev–Trinajstić information content (AvgIpc) is 2.90. The van der Waals surface area contributed by atoms with Gasteiger partial charge >= 0.3 is 0 Å². The molecular formula is C27H31F3N4O4. The number of anilines is 1. The molecule has 1 aromatic heterocycles. The first-order valence-electron chi connectivity index (χ1n) is 12.3. The van der Waals surface area contributed by atoms with Crippen LogP contribution < -0.4 is 10.1 Å². The number of benzene rings is 2. The summed E-state index contributed by atoms with van der Waals surface area (Å²) >= 11 is 0. The van der Waals surface area contributed by atoms with Crippen LogP contribution in [0.5, 0.6) is 5.75 Å². The molecule has 0 unspecified atom stereocenters. The summed E-state index contributed by atoms with van der Waals surface area (Å²) in [4.78, 5) is 13.9. The minimum Gasteiger partial charge on any atom is -0.496 e. The Morgan fingerprint density at radius 3 is 2.47 bits per heavy atom. The maximum atomic E-state index is 14.8. The van der Waals surface area contributed by atoms with Crippen LogP contribution in [0.15, 0.2) is 30.3 Å². The summed E-state index contributed by atoms with van der Waals surface area (Å²) in [6.45, 7) is 4.09. The van der Waals surface area contributed by atoms with E-state index < -0.39 is 29.4 Å². The number of ether oxygens (including phenoxy) is 2. The van der Waals surface area contributed by atoms with Gasteiger partial charge < -0.3 is 24.8 Å². The quantitative estimate of drug-likeness (QED) is 0.436. The Hall–Kier alpha value is -3.44. The van der Waals surface area contributed by atoms with E-state index in [1.807, 2.05) is 0 Å². The Bertz CT molecular complexity index is 1330. The molecule has 0 aliphatic carbocycles. The van der Waals surface area contributed by atoms with Crippen molar-refractivity contribution in [1.29, 1.82) is 0 Å². The highest BCUT2D eigenvalue weighted by atomic mass is 19.3. The lowest BCUT2D eigenvalue weighted by atomic mass is 9.82. The number of aliphatic hydroxyl groups is 1. The number of nitrogens with zero attached hydrogens (tertiary/aromatic N) is 3. The Morgan fingerprint density at radius 2 is 1.84 bits per heavy atom. The molecular weight excluding hydrogens is 501 g/mol. The van der Waals surface area contributed by atoms with E-state index in [0.29, 0.717) is 46.7 Å². The number of fused-ring (bicyclic) bond motifs is 1. The van der Waals surface area contributed by atoms with Crippen molar-refractivity contribution in [2.24, 2.45) is 0 Å². The fourth-order valence-electron chi connectivity index (χ4n) is 4.91. The van der Waals surface area contributed by atoms with Crippen LogP contribution in [0, 0.1) is 12.7 Å². The number of rotatable bonds is 8. The van der Waals surface area contributed by atoms with Gasteiger partial charge in [0.1, 0.15) is 18.2 Å². The second-order valence-electron chi connectivity index (χ2n) is 9.49. The van der Waals surface area contributed by atoms with E-state index in [2.05, 4.69) is 15.5 Å². The average molecular weight is 533 g/mol. The Morgan fingerprint density at radius 1 is 1.16 bits per heavy atom. The van der Waals surface area contributed by atoms with Crippen molar-refractivity contribution in [2.75, 3.05) is 39.2 Å². The predicted molar refractivity (Wildman–Crippen MR) is 136 cm³/mol. The molecule has 3 aromatic rings. The van der Waals surface area contributed by atoms with Crippen LogP contribution >= 0.6 is 0 Å². The van der Waals surface area contributed by atoms with Crippen molar-refractivity contribution >= 4 is 22.5 Å². The van der Waals surface area contributed by atoms with Gasteiger partial charge in [0.15, 0.2) is 5.82 Å². The number of likely N-dealkylation sites (tertiary alicyclic amines) is 1. The molecule has 1 amide bonds. The molecule has 0 saturated carbocycles.